The van der Waals surface area contributed by atoms with Crippen molar-refractivity contribution in [3.8, 4) is 17.5 Å². The van der Waals surface area contributed by atoms with Crippen molar-refractivity contribution in [2.45, 2.75) is 42.5 Å². The number of hydrogen-bond acceptors (Lipinski definition) is 7. The van der Waals surface area contributed by atoms with Gasteiger partial charge in [-0.2, -0.15) is 26.3 Å². The maximum Gasteiger partial charge on any atom is 0.248 e. The SMILES string of the molecule is N#Cc1cccc(S(=O)(=O)NC2(c3nc(-c4ccsc4)no3)CCCCC2)c1. The van der Waals surface area contributed by atoms with Gasteiger partial charge in [-0.15, -0.1) is 0 Å². The van der Waals surface area contributed by atoms with Crippen LogP contribution in [0.1, 0.15) is 43.6 Å². The summed E-state index contributed by atoms with van der Waals surface area (Å²) in [6.45, 7) is 0. The fourth-order valence-electron chi connectivity index (χ4n) is 3.49. The molecule has 1 fully saturated rings. The van der Waals surface area contributed by atoms with Crippen LogP contribution in [0.25, 0.3) is 11.4 Å². The molecule has 0 radical (unpaired) electrons. The van der Waals surface area contributed by atoms with Crippen LogP contribution in [0.15, 0.2) is 50.5 Å². The minimum atomic E-state index is -3.87. The summed E-state index contributed by atoms with van der Waals surface area (Å²) >= 11 is 1.53. The summed E-state index contributed by atoms with van der Waals surface area (Å²) in [5, 5.41) is 17.0. The van der Waals surface area contributed by atoms with E-state index < -0.39 is 15.6 Å². The fourth-order valence-corrected chi connectivity index (χ4v) is 5.59. The van der Waals surface area contributed by atoms with Crippen molar-refractivity contribution >= 4 is 21.4 Å². The molecule has 28 heavy (non-hydrogen) atoms. The van der Waals surface area contributed by atoms with Gasteiger partial charge >= 0.3 is 0 Å². The molecule has 144 valence electrons. The third-order valence-electron chi connectivity index (χ3n) is 4.93. The van der Waals surface area contributed by atoms with E-state index in [1.165, 1.54) is 23.5 Å². The summed E-state index contributed by atoms with van der Waals surface area (Å²) in [6, 6.07) is 9.83. The molecule has 1 saturated carbocycles. The van der Waals surface area contributed by atoms with Gasteiger partial charge in [-0.25, -0.2) is 8.42 Å². The number of nitrogens with one attached hydrogen (secondary N) is 1. The van der Waals surface area contributed by atoms with Crippen molar-refractivity contribution in [2.24, 2.45) is 0 Å². The maximum atomic E-state index is 13.1. The van der Waals surface area contributed by atoms with E-state index in [-0.39, 0.29) is 16.3 Å². The number of rotatable bonds is 5. The summed E-state index contributed by atoms with van der Waals surface area (Å²) in [5.74, 6) is 0.736. The number of benzene rings is 1. The van der Waals surface area contributed by atoms with Gasteiger partial charge in [-0.05, 0) is 42.5 Å². The third kappa shape index (κ3) is 3.58. The summed E-state index contributed by atoms with van der Waals surface area (Å²) in [5.41, 5.74) is 0.190. The fraction of sp³-hybridized carbons (Fsp3) is 0.316. The van der Waals surface area contributed by atoms with Gasteiger partial charge < -0.3 is 4.52 Å². The van der Waals surface area contributed by atoms with Crippen LogP contribution in [0.2, 0.25) is 0 Å². The molecule has 9 heteroatoms. The Balaban J connectivity index is 1.71. The molecule has 0 bridgehead atoms. The molecule has 2 aromatic heterocycles. The Morgan fingerprint density at radius 2 is 2.04 bits per heavy atom. The highest BCUT2D eigenvalue weighted by atomic mass is 32.2. The van der Waals surface area contributed by atoms with Crippen LogP contribution in [-0.4, -0.2) is 18.6 Å². The Morgan fingerprint density at radius 1 is 1.21 bits per heavy atom. The van der Waals surface area contributed by atoms with Gasteiger partial charge in [0.2, 0.25) is 21.7 Å². The highest BCUT2D eigenvalue weighted by Gasteiger charge is 2.43. The molecule has 0 atom stereocenters. The summed E-state index contributed by atoms with van der Waals surface area (Å²) in [7, 11) is -3.87. The Morgan fingerprint density at radius 3 is 2.75 bits per heavy atom. The molecule has 0 unspecified atom stereocenters. The quantitative estimate of drug-likeness (QED) is 0.680. The molecule has 1 N–H and O–H groups in total. The minimum Gasteiger partial charge on any atom is -0.337 e. The number of nitrogens with zero attached hydrogens (tertiary/aromatic N) is 3. The second-order valence-electron chi connectivity index (χ2n) is 6.82. The van der Waals surface area contributed by atoms with Crippen LogP contribution in [0.5, 0.6) is 0 Å². The predicted molar refractivity (Wildman–Crippen MR) is 104 cm³/mol. The normalized spacial score (nSPS) is 16.5. The van der Waals surface area contributed by atoms with E-state index in [9.17, 15) is 8.42 Å². The second-order valence-corrected chi connectivity index (χ2v) is 9.29. The lowest BCUT2D eigenvalue weighted by atomic mass is 9.82. The lowest BCUT2D eigenvalue weighted by Gasteiger charge is -2.34. The van der Waals surface area contributed by atoms with Crippen LogP contribution < -0.4 is 4.72 Å². The molecule has 3 aromatic rings. The van der Waals surface area contributed by atoms with Gasteiger partial charge in [0, 0.05) is 10.9 Å². The first-order valence-corrected chi connectivity index (χ1v) is 11.4. The molecule has 2 heterocycles. The lowest BCUT2D eigenvalue weighted by molar-refractivity contribution is 0.199. The van der Waals surface area contributed by atoms with Gasteiger partial charge in [0.25, 0.3) is 0 Å². The molecule has 0 amide bonds. The molecular weight excluding hydrogens is 396 g/mol. The molecule has 1 aliphatic carbocycles. The predicted octanol–water partition coefficient (Wildman–Crippen LogP) is 3.81. The van der Waals surface area contributed by atoms with E-state index in [1.54, 1.807) is 12.1 Å². The molecule has 1 aliphatic rings. The molecule has 7 nitrogen and oxygen atoms in total. The van der Waals surface area contributed by atoms with E-state index in [1.807, 2.05) is 22.9 Å². The molecular formula is C19H18N4O3S2. The van der Waals surface area contributed by atoms with Gasteiger partial charge in [0.05, 0.1) is 16.5 Å². The standard InChI is InChI=1S/C19H18N4O3S2/c20-12-14-5-4-6-16(11-14)28(24,25)23-19(8-2-1-3-9-19)18-21-17(22-26-18)15-7-10-27-13-15/h4-7,10-11,13,23H,1-3,8-9H2. The Bertz CT molecular complexity index is 1110. The monoisotopic (exact) mass is 414 g/mol. The van der Waals surface area contributed by atoms with Crippen LogP contribution in [0, 0.1) is 11.3 Å². The minimum absolute atomic E-state index is 0.0501. The molecule has 0 aliphatic heterocycles. The van der Waals surface area contributed by atoms with E-state index in [0.717, 1.165) is 24.8 Å². The van der Waals surface area contributed by atoms with Crippen LogP contribution in [-0.2, 0) is 15.6 Å². The van der Waals surface area contributed by atoms with Crippen LogP contribution in [0.4, 0.5) is 0 Å². The number of thiophene rings is 1. The van der Waals surface area contributed by atoms with Crippen molar-refractivity contribution in [3.63, 3.8) is 0 Å². The molecule has 0 spiro atoms. The largest absolute Gasteiger partial charge is 0.337 e. The lowest BCUT2D eigenvalue weighted by Crippen LogP contribution is -2.47. The second kappa shape index (κ2) is 7.47. The number of nitriles is 1. The topological polar surface area (TPSA) is 109 Å². The van der Waals surface area contributed by atoms with Crippen molar-refractivity contribution in [1.29, 1.82) is 5.26 Å². The van der Waals surface area contributed by atoms with Crippen LogP contribution >= 0.6 is 11.3 Å². The maximum absolute atomic E-state index is 13.1. The first kappa shape index (κ1) is 18.8. The van der Waals surface area contributed by atoms with Crippen molar-refractivity contribution < 1.29 is 12.9 Å². The molecule has 0 saturated heterocycles. The van der Waals surface area contributed by atoms with Gasteiger partial charge in [-0.1, -0.05) is 30.5 Å². The summed E-state index contributed by atoms with van der Waals surface area (Å²) in [6.07, 6.45) is 3.90. The zero-order valence-electron chi connectivity index (χ0n) is 15.0. The van der Waals surface area contributed by atoms with Gasteiger partial charge in [0.15, 0.2) is 0 Å². The van der Waals surface area contributed by atoms with Gasteiger partial charge in [-0.3, -0.25) is 0 Å². The average Bonchev–Trinajstić information content (AvgIpc) is 3.40. The van der Waals surface area contributed by atoms with Gasteiger partial charge in [0.1, 0.15) is 5.54 Å². The zero-order chi connectivity index (χ0) is 19.6. The van der Waals surface area contributed by atoms with E-state index in [2.05, 4.69) is 14.9 Å². The zero-order valence-corrected chi connectivity index (χ0v) is 16.6. The van der Waals surface area contributed by atoms with Crippen LogP contribution in [0.3, 0.4) is 0 Å². The Kier molecular flexibility index (Phi) is 5.02. The number of sulfonamides is 1. The summed E-state index contributed by atoms with van der Waals surface area (Å²) in [4.78, 5) is 4.56. The molecule has 4 rings (SSSR count). The van der Waals surface area contributed by atoms with Crippen molar-refractivity contribution in [3.05, 3.63) is 52.5 Å². The Hall–Kier alpha value is -2.54. The highest BCUT2D eigenvalue weighted by molar-refractivity contribution is 7.89. The number of hydrogen-bond donors (Lipinski definition) is 1. The van der Waals surface area contributed by atoms with Crippen molar-refractivity contribution in [2.75, 3.05) is 0 Å². The summed E-state index contributed by atoms with van der Waals surface area (Å²) < 4.78 is 34.5. The van der Waals surface area contributed by atoms with E-state index >= 15 is 0 Å². The highest BCUT2D eigenvalue weighted by Crippen LogP contribution is 2.38. The third-order valence-corrected chi connectivity index (χ3v) is 7.14. The molecule has 1 aromatic carbocycles. The van der Waals surface area contributed by atoms with E-state index in [4.69, 9.17) is 9.78 Å². The Labute approximate surface area is 167 Å². The van der Waals surface area contributed by atoms with E-state index in [0.29, 0.717) is 18.7 Å². The smallest absolute Gasteiger partial charge is 0.248 e. The first-order chi connectivity index (χ1) is 13.5. The first-order valence-electron chi connectivity index (χ1n) is 8.93. The average molecular weight is 415 g/mol. The van der Waals surface area contributed by atoms with Crippen molar-refractivity contribution in [1.82, 2.24) is 14.9 Å². The number of aromatic nitrogens is 2.